The molecule has 0 aromatic heterocycles. The summed E-state index contributed by atoms with van der Waals surface area (Å²) in [6.45, 7) is 12.6. The Morgan fingerprint density at radius 1 is 0.639 bits per heavy atom. The molecule has 0 bridgehead atoms. The van der Waals surface area contributed by atoms with Crippen LogP contribution in [0.25, 0.3) is 0 Å². The maximum absolute atomic E-state index is 13.1. The molecule has 4 N–H and O–H groups in total. The molecule has 0 aliphatic heterocycles. The number of hydrogen-bond donors (Lipinski definition) is 4. The molecule has 2 amide bonds. The lowest BCUT2D eigenvalue weighted by atomic mass is 9.87. The monoisotopic (exact) mass is 488 g/mol. The molecule has 0 saturated heterocycles. The van der Waals surface area contributed by atoms with Crippen LogP contribution in [0, 0.1) is 10.8 Å². The van der Waals surface area contributed by atoms with Crippen molar-refractivity contribution in [3.8, 4) is 11.5 Å². The van der Waals surface area contributed by atoms with E-state index in [1.807, 2.05) is 12.1 Å². The van der Waals surface area contributed by atoms with Crippen molar-refractivity contribution in [3.63, 3.8) is 0 Å². The zero-order chi connectivity index (χ0) is 26.7. The first-order valence-electron chi connectivity index (χ1n) is 12.1. The van der Waals surface area contributed by atoms with E-state index in [2.05, 4.69) is 52.2 Å². The molecule has 36 heavy (non-hydrogen) atoms. The third-order valence-corrected chi connectivity index (χ3v) is 5.50. The van der Waals surface area contributed by atoms with Crippen molar-refractivity contribution in [2.45, 2.75) is 54.4 Å². The standard InChI is InChI=1S/C30H36N2O4/c1-29(2,3)17-19-11-13-25(33)21(15-19)27(35)31-23-9-7-8-10-24(23)32-28(36)22-16-20(12-14-26(22)34)18-30(4,5)6/h7-16,33-34H,17-18H2,1-6H3,(H,31,35)(H,32,36). The SMILES string of the molecule is CC(C)(C)Cc1ccc(O)c(C(=O)Nc2ccccc2NC(=O)c2cc(CC(C)(C)C)ccc2O)c1. The van der Waals surface area contributed by atoms with E-state index in [4.69, 9.17) is 0 Å². The minimum absolute atomic E-state index is 0.0251. The van der Waals surface area contributed by atoms with Crippen LogP contribution in [0.2, 0.25) is 0 Å². The summed E-state index contributed by atoms with van der Waals surface area (Å²) in [5.74, 6) is -1.21. The van der Waals surface area contributed by atoms with Gasteiger partial charge in [0, 0.05) is 0 Å². The van der Waals surface area contributed by atoms with Gasteiger partial charge in [-0.3, -0.25) is 9.59 Å². The molecule has 0 spiro atoms. The summed E-state index contributed by atoms with van der Waals surface area (Å²) in [6, 6.07) is 16.9. The molecule has 190 valence electrons. The van der Waals surface area contributed by atoms with Crippen LogP contribution in [0.1, 0.15) is 73.4 Å². The fourth-order valence-electron chi connectivity index (χ4n) is 4.06. The summed E-state index contributed by atoms with van der Waals surface area (Å²) >= 11 is 0. The lowest BCUT2D eigenvalue weighted by molar-refractivity contribution is 0.101. The van der Waals surface area contributed by atoms with Gasteiger partial charge in [0.25, 0.3) is 11.8 Å². The van der Waals surface area contributed by atoms with Crippen LogP contribution in [0.5, 0.6) is 11.5 Å². The van der Waals surface area contributed by atoms with E-state index >= 15 is 0 Å². The van der Waals surface area contributed by atoms with Crippen molar-refractivity contribution in [1.29, 1.82) is 0 Å². The largest absolute Gasteiger partial charge is 0.507 e. The van der Waals surface area contributed by atoms with Crippen LogP contribution in [0.4, 0.5) is 11.4 Å². The van der Waals surface area contributed by atoms with Gasteiger partial charge < -0.3 is 20.8 Å². The van der Waals surface area contributed by atoms with Crippen LogP contribution in [0.15, 0.2) is 60.7 Å². The Morgan fingerprint density at radius 3 is 1.33 bits per heavy atom. The van der Waals surface area contributed by atoms with Gasteiger partial charge in [-0.25, -0.2) is 0 Å². The highest BCUT2D eigenvalue weighted by molar-refractivity contribution is 6.11. The predicted octanol–water partition coefficient (Wildman–Crippen LogP) is 6.78. The van der Waals surface area contributed by atoms with Crippen molar-refractivity contribution >= 4 is 23.2 Å². The Labute approximate surface area is 213 Å². The number of para-hydroxylation sites is 2. The highest BCUT2D eigenvalue weighted by Gasteiger charge is 2.19. The van der Waals surface area contributed by atoms with Crippen LogP contribution < -0.4 is 10.6 Å². The van der Waals surface area contributed by atoms with Gasteiger partial charge in [-0.05, 0) is 71.2 Å². The Bertz CT molecular complexity index is 1170. The first-order valence-corrected chi connectivity index (χ1v) is 12.1. The molecule has 0 heterocycles. The number of benzene rings is 3. The molecule has 3 aromatic carbocycles. The zero-order valence-electron chi connectivity index (χ0n) is 21.9. The fraction of sp³-hybridized carbons (Fsp3) is 0.333. The third kappa shape index (κ3) is 7.35. The van der Waals surface area contributed by atoms with E-state index < -0.39 is 11.8 Å². The highest BCUT2D eigenvalue weighted by atomic mass is 16.3. The van der Waals surface area contributed by atoms with E-state index in [-0.39, 0.29) is 33.5 Å². The Morgan fingerprint density at radius 2 is 1.00 bits per heavy atom. The molecule has 0 aliphatic carbocycles. The van der Waals surface area contributed by atoms with Crippen molar-refractivity contribution in [2.24, 2.45) is 10.8 Å². The van der Waals surface area contributed by atoms with Crippen LogP contribution in [-0.4, -0.2) is 22.0 Å². The Balaban J connectivity index is 1.83. The van der Waals surface area contributed by atoms with E-state index in [1.54, 1.807) is 36.4 Å². The number of phenolic OH excluding ortho intramolecular Hbond substituents is 2. The molecule has 0 atom stereocenters. The zero-order valence-corrected chi connectivity index (χ0v) is 21.9. The second kappa shape index (κ2) is 10.4. The van der Waals surface area contributed by atoms with Crippen LogP contribution >= 0.6 is 0 Å². The quantitative estimate of drug-likeness (QED) is 0.307. The number of aromatic hydroxyl groups is 2. The van der Waals surface area contributed by atoms with E-state index in [9.17, 15) is 19.8 Å². The van der Waals surface area contributed by atoms with Gasteiger partial charge in [-0.2, -0.15) is 0 Å². The van der Waals surface area contributed by atoms with Gasteiger partial charge in [0.2, 0.25) is 0 Å². The van der Waals surface area contributed by atoms with Gasteiger partial charge in [0.05, 0.1) is 22.5 Å². The molecule has 0 radical (unpaired) electrons. The summed E-state index contributed by atoms with van der Waals surface area (Å²) in [4.78, 5) is 26.1. The Hall–Kier alpha value is -3.80. The average molecular weight is 489 g/mol. The van der Waals surface area contributed by atoms with Gasteiger partial charge >= 0.3 is 0 Å². The van der Waals surface area contributed by atoms with Crippen LogP contribution in [-0.2, 0) is 12.8 Å². The molecule has 6 nitrogen and oxygen atoms in total. The maximum Gasteiger partial charge on any atom is 0.259 e. The van der Waals surface area contributed by atoms with Gasteiger partial charge in [0.1, 0.15) is 11.5 Å². The molecular formula is C30H36N2O4. The van der Waals surface area contributed by atoms with Crippen molar-refractivity contribution in [2.75, 3.05) is 10.6 Å². The molecule has 3 aromatic rings. The number of hydrogen-bond acceptors (Lipinski definition) is 4. The second-order valence-corrected chi connectivity index (χ2v) is 11.6. The fourth-order valence-corrected chi connectivity index (χ4v) is 4.06. The minimum atomic E-state index is -0.486. The molecular weight excluding hydrogens is 452 g/mol. The smallest absolute Gasteiger partial charge is 0.259 e. The van der Waals surface area contributed by atoms with E-state index in [0.29, 0.717) is 11.4 Å². The average Bonchev–Trinajstić information content (AvgIpc) is 2.75. The predicted molar refractivity (Wildman–Crippen MR) is 145 cm³/mol. The Kier molecular flexibility index (Phi) is 7.77. The molecule has 3 rings (SSSR count). The second-order valence-electron chi connectivity index (χ2n) is 11.6. The molecule has 6 heteroatoms. The highest BCUT2D eigenvalue weighted by Crippen LogP contribution is 2.29. The van der Waals surface area contributed by atoms with Gasteiger partial charge in [-0.15, -0.1) is 0 Å². The lowest BCUT2D eigenvalue weighted by Crippen LogP contribution is -2.18. The summed E-state index contributed by atoms with van der Waals surface area (Å²) in [7, 11) is 0. The number of carbonyl (C=O) groups is 2. The number of rotatable bonds is 6. The number of anilines is 2. The van der Waals surface area contributed by atoms with Crippen LogP contribution in [0.3, 0.4) is 0 Å². The lowest BCUT2D eigenvalue weighted by Gasteiger charge is -2.19. The normalized spacial score (nSPS) is 11.7. The maximum atomic E-state index is 13.1. The van der Waals surface area contributed by atoms with Crippen molar-refractivity contribution in [1.82, 2.24) is 0 Å². The van der Waals surface area contributed by atoms with Crippen molar-refractivity contribution in [3.05, 3.63) is 82.9 Å². The van der Waals surface area contributed by atoms with Gasteiger partial charge in [-0.1, -0.05) is 65.8 Å². The number of carbonyl (C=O) groups excluding carboxylic acids is 2. The minimum Gasteiger partial charge on any atom is -0.507 e. The van der Waals surface area contributed by atoms with Gasteiger partial charge in [0.15, 0.2) is 0 Å². The number of phenols is 2. The summed E-state index contributed by atoms with van der Waals surface area (Å²) in [5.41, 5.74) is 3.00. The molecule has 0 saturated carbocycles. The van der Waals surface area contributed by atoms with E-state index in [0.717, 1.165) is 24.0 Å². The first kappa shape index (κ1) is 26.8. The third-order valence-electron chi connectivity index (χ3n) is 5.50. The number of amides is 2. The number of nitrogens with one attached hydrogen (secondary N) is 2. The summed E-state index contributed by atoms with van der Waals surface area (Å²) in [5, 5.41) is 26.2. The molecule has 0 aliphatic rings. The summed E-state index contributed by atoms with van der Waals surface area (Å²) < 4.78 is 0. The van der Waals surface area contributed by atoms with E-state index in [1.165, 1.54) is 12.1 Å². The first-order chi connectivity index (χ1) is 16.7. The topological polar surface area (TPSA) is 98.7 Å². The molecule has 0 unspecified atom stereocenters. The summed E-state index contributed by atoms with van der Waals surface area (Å²) in [6.07, 6.45) is 1.50. The molecule has 0 fully saturated rings. The van der Waals surface area contributed by atoms with Crippen molar-refractivity contribution < 1.29 is 19.8 Å².